The van der Waals surface area contributed by atoms with Crippen LogP contribution in [0.4, 0.5) is 0 Å². The smallest absolute Gasteiger partial charge is 0.354 e. The van der Waals surface area contributed by atoms with Crippen LogP contribution < -0.4 is 0 Å². The van der Waals surface area contributed by atoms with E-state index in [1.54, 1.807) is 0 Å². The molecule has 130 valence electrons. The lowest BCUT2D eigenvalue weighted by molar-refractivity contribution is 0.0690. The van der Waals surface area contributed by atoms with E-state index < -0.39 is 5.97 Å². The van der Waals surface area contributed by atoms with Crippen molar-refractivity contribution in [2.75, 3.05) is 0 Å². The van der Waals surface area contributed by atoms with Crippen LogP contribution in [0.25, 0.3) is 33.5 Å². The van der Waals surface area contributed by atoms with Crippen molar-refractivity contribution in [1.29, 1.82) is 0 Å². The second-order valence-electron chi connectivity index (χ2n) is 6.20. The Hall–Kier alpha value is -4.00. The maximum Gasteiger partial charge on any atom is 0.354 e. The number of nitrogens with zero attached hydrogens (tertiary/aromatic N) is 3. The van der Waals surface area contributed by atoms with E-state index >= 15 is 0 Å². The Morgan fingerprint density at radius 3 is 2.52 bits per heavy atom. The minimum atomic E-state index is -1.10. The number of aromatic amines is 1. The topological polar surface area (TPSA) is 111 Å². The number of aromatic carboxylic acids is 1. The molecule has 0 radical (unpaired) electrons. The third-order valence-electron chi connectivity index (χ3n) is 4.71. The summed E-state index contributed by atoms with van der Waals surface area (Å²) in [6.07, 6.45) is 1.47. The lowest BCUT2D eigenvalue weighted by atomic mass is 9.99. The Labute approximate surface area is 152 Å². The summed E-state index contributed by atoms with van der Waals surface area (Å²) in [4.78, 5) is 22.8. The number of imidazole rings is 1. The molecule has 0 aliphatic heterocycles. The first-order valence-electron chi connectivity index (χ1n) is 8.22. The predicted molar refractivity (Wildman–Crippen MR) is 99.1 cm³/mol. The van der Waals surface area contributed by atoms with E-state index in [-0.39, 0.29) is 5.69 Å². The van der Waals surface area contributed by atoms with Gasteiger partial charge in [0, 0.05) is 22.3 Å². The molecular weight excluding hydrogens is 344 g/mol. The van der Waals surface area contributed by atoms with Gasteiger partial charge in [-0.1, -0.05) is 47.6 Å². The van der Waals surface area contributed by atoms with E-state index in [1.807, 2.05) is 42.5 Å². The summed E-state index contributed by atoms with van der Waals surface area (Å²) in [7, 11) is 0. The standard InChI is InChI=1S/C20H12N4O3/c25-20(26)15-8-14-16(9-21-15)23-19(22-14)13-7-3-6-12-17(13)10-4-1-2-5-11(10)18(12)24-27/h1-9,27H,(H,22,23)(H,25,26)/b24-18-. The average Bonchev–Trinajstić information content (AvgIpc) is 3.25. The molecule has 0 spiro atoms. The molecule has 0 amide bonds. The molecule has 3 N–H and O–H groups in total. The zero-order chi connectivity index (χ0) is 18.5. The molecule has 0 atom stereocenters. The molecule has 27 heavy (non-hydrogen) atoms. The molecule has 5 rings (SSSR count). The molecule has 2 aromatic heterocycles. The molecular formula is C20H12N4O3. The van der Waals surface area contributed by atoms with Crippen LogP contribution in [-0.4, -0.2) is 36.9 Å². The largest absolute Gasteiger partial charge is 0.477 e. The van der Waals surface area contributed by atoms with E-state index in [0.717, 1.165) is 27.8 Å². The molecule has 0 fully saturated rings. The molecule has 0 saturated carbocycles. The average molecular weight is 356 g/mol. The van der Waals surface area contributed by atoms with Gasteiger partial charge in [0.25, 0.3) is 0 Å². The van der Waals surface area contributed by atoms with Crippen LogP contribution in [-0.2, 0) is 0 Å². The van der Waals surface area contributed by atoms with Crippen molar-refractivity contribution in [2.45, 2.75) is 0 Å². The van der Waals surface area contributed by atoms with Gasteiger partial charge in [0.05, 0.1) is 17.2 Å². The van der Waals surface area contributed by atoms with Crippen LogP contribution >= 0.6 is 0 Å². The number of carbonyl (C=O) groups is 1. The second-order valence-corrected chi connectivity index (χ2v) is 6.20. The Balaban J connectivity index is 1.77. The number of rotatable bonds is 2. The number of hydrogen-bond donors (Lipinski definition) is 3. The van der Waals surface area contributed by atoms with Crippen molar-refractivity contribution in [3.05, 3.63) is 71.5 Å². The maximum absolute atomic E-state index is 11.1. The number of nitrogens with one attached hydrogen (secondary N) is 1. The van der Waals surface area contributed by atoms with E-state index in [0.29, 0.717) is 22.6 Å². The van der Waals surface area contributed by atoms with Crippen LogP contribution in [0.3, 0.4) is 0 Å². The van der Waals surface area contributed by atoms with Gasteiger partial charge in [-0.3, -0.25) is 0 Å². The van der Waals surface area contributed by atoms with Gasteiger partial charge < -0.3 is 15.3 Å². The van der Waals surface area contributed by atoms with Crippen LogP contribution in [0, 0.1) is 0 Å². The first kappa shape index (κ1) is 15.3. The molecule has 2 heterocycles. The summed E-state index contributed by atoms with van der Waals surface area (Å²) >= 11 is 0. The highest BCUT2D eigenvalue weighted by atomic mass is 16.4. The minimum absolute atomic E-state index is 0.0566. The SMILES string of the molecule is O=C(O)c1cc2nc(-c3cccc4c3-c3ccccc3/C4=N/O)[nH]c2cn1. The number of fused-ring (bicyclic) bond motifs is 4. The van der Waals surface area contributed by atoms with Crippen molar-refractivity contribution in [2.24, 2.45) is 5.16 Å². The highest BCUT2D eigenvalue weighted by molar-refractivity contribution is 6.26. The van der Waals surface area contributed by atoms with Gasteiger partial charge in [-0.25, -0.2) is 14.8 Å². The van der Waals surface area contributed by atoms with Crippen molar-refractivity contribution >= 4 is 22.7 Å². The van der Waals surface area contributed by atoms with Gasteiger partial charge in [0.1, 0.15) is 17.2 Å². The number of benzene rings is 2. The molecule has 7 heteroatoms. The third kappa shape index (κ3) is 2.15. The number of oxime groups is 1. The monoisotopic (exact) mass is 356 g/mol. The van der Waals surface area contributed by atoms with Crippen molar-refractivity contribution in [3.63, 3.8) is 0 Å². The quantitative estimate of drug-likeness (QED) is 0.331. The fourth-order valence-corrected chi connectivity index (χ4v) is 3.55. The molecule has 4 aromatic rings. The fourth-order valence-electron chi connectivity index (χ4n) is 3.55. The summed E-state index contributed by atoms with van der Waals surface area (Å²) in [6, 6.07) is 14.9. The van der Waals surface area contributed by atoms with Crippen molar-refractivity contribution in [1.82, 2.24) is 15.0 Å². The molecule has 0 saturated heterocycles. The molecule has 1 aliphatic carbocycles. The van der Waals surface area contributed by atoms with Gasteiger partial charge in [0.15, 0.2) is 0 Å². The van der Waals surface area contributed by atoms with Crippen molar-refractivity contribution in [3.8, 4) is 22.5 Å². The number of carboxylic acid groups (broad SMARTS) is 1. The summed E-state index contributed by atoms with van der Waals surface area (Å²) < 4.78 is 0. The first-order valence-corrected chi connectivity index (χ1v) is 8.22. The summed E-state index contributed by atoms with van der Waals surface area (Å²) in [5.74, 6) is -0.500. The molecule has 0 unspecified atom stereocenters. The van der Waals surface area contributed by atoms with E-state index in [1.165, 1.54) is 12.3 Å². The molecule has 1 aliphatic rings. The lowest BCUT2D eigenvalue weighted by Crippen LogP contribution is -1.98. The Bertz CT molecular complexity index is 1270. The first-order chi connectivity index (χ1) is 13.2. The minimum Gasteiger partial charge on any atom is -0.477 e. The van der Waals surface area contributed by atoms with Crippen LogP contribution in [0.2, 0.25) is 0 Å². The number of hydrogen-bond acceptors (Lipinski definition) is 5. The van der Waals surface area contributed by atoms with Crippen LogP contribution in [0.1, 0.15) is 21.6 Å². The predicted octanol–water partition coefficient (Wildman–Crippen LogP) is 3.53. The van der Waals surface area contributed by atoms with E-state index in [2.05, 4.69) is 20.1 Å². The van der Waals surface area contributed by atoms with Crippen LogP contribution in [0.15, 0.2) is 59.9 Å². The Morgan fingerprint density at radius 1 is 1.00 bits per heavy atom. The van der Waals surface area contributed by atoms with Gasteiger partial charge in [-0.2, -0.15) is 0 Å². The zero-order valence-corrected chi connectivity index (χ0v) is 13.8. The Kier molecular flexibility index (Phi) is 3.11. The normalized spacial score (nSPS) is 13.7. The fraction of sp³-hybridized carbons (Fsp3) is 0. The van der Waals surface area contributed by atoms with E-state index in [4.69, 9.17) is 5.11 Å². The van der Waals surface area contributed by atoms with Gasteiger partial charge in [-0.15, -0.1) is 0 Å². The number of H-pyrrole nitrogens is 1. The summed E-state index contributed by atoms with van der Waals surface area (Å²) in [5, 5.41) is 22.1. The summed E-state index contributed by atoms with van der Waals surface area (Å²) in [6.45, 7) is 0. The van der Waals surface area contributed by atoms with Crippen LogP contribution in [0.5, 0.6) is 0 Å². The van der Waals surface area contributed by atoms with Gasteiger partial charge in [0.2, 0.25) is 0 Å². The number of carboxylic acids is 1. The molecule has 2 aromatic carbocycles. The zero-order valence-electron chi connectivity index (χ0n) is 13.8. The van der Waals surface area contributed by atoms with E-state index in [9.17, 15) is 10.0 Å². The maximum atomic E-state index is 11.1. The van der Waals surface area contributed by atoms with Gasteiger partial charge in [-0.05, 0) is 11.6 Å². The highest BCUT2D eigenvalue weighted by Crippen LogP contribution is 2.42. The number of aromatic nitrogens is 3. The highest BCUT2D eigenvalue weighted by Gasteiger charge is 2.28. The second kappa shape index (κ2) is 5.50. The van der Waals surface area contributed by atoms with Crippen molar-refractivity contribution < 1.29 is 15.1 Å². The number of pyridine rings is 1. The molecule has 0 bridgehead atoms. The lowest BCUT2D eigenvalue weighted by Gasteiger charge is -2.06. The summed E-state index contributed by atoms with van der Waals surface area (Å²) in [5.41, 5.74) is 6.03. The third-order valence-corrected chi connectivity index (χ3v) is 4.71. The Morgan fingerprint density at radius 2 is 1.74 bits per heavy atom. The van der Waals surface area contributed by atoms with Gasteiger partial charge >= 0.3 is 5.97 Å². The molecule has 7 nitrogen and oxygen atoms in total.